The van der Waals surface area contributed by atoms with Crippen LogP contribution in [0.3, 0.4) is 0 Å². The maximum Gasteiger partial charge on any atom is 0.133 e. The van der Waals surface area contributed by atoms with Crippen molar-refractivity contribution in [3.8, 4) is 0 Å². The van der Waals surface area contributed by atoms with E-state index in [1.165, 1.54) is 82.6 Å². The summed E-state index contributed by atoms with van der Waals surface area (Å²) in [6.07, 6.45) is 17.5. The van der Waals surface area contributed by atoms with Gasteiger partial charge < -0.3 is 4.79 Å². The van der Waals surface area contributed by atoms with Crippen LogP contribution in [0.2, 0.25) is 0 Å². The van der Waals surface area contributed by atoms with E-state index in [1.807, 2.05) is 6.07 Å². The van der Waals surface area contributed by atoms with Crippen molar-refractivity contribution in [2.45, 2.75) is 90.5 Å². The van der Waals surface area contributed by atoms with Crippen LogP contribution in [0.1, 0.15) is 89.5 Å². The lowest BCUT2D eigenvalue weighted by Crippen LogP contribution is -2.26. The van der Waals surface area contributed by atoms with Crippen LogP contribution in [0, 0.1) is 0 Å². The number of aldehydes is 1. The first kappa shape index (κ1) is 21.9. The molecule has 0 aliphatic heterocycles. The Kier molecular flexibility index (Phi) is 14.3. The molecule has 1 rings (SSSR count). The summed E-state index contributed by atoms with van der Waals surface area (Å²) >= 11 is 0. The number of hydrogen-bond donors (Lipinski definition) is 0. The van der Waals surface area contributed by atoms with Gasteiger partial charge in [0, 0.05) is 6.54 Å². The van der Waals surface area contributed by atoms with Crippen LogP contribution >= 0.6 is 0 Å². The molecule has 0 radical (unpaired) electrons. The summed E-state index contributed by atoms with van der Waals surface area (Å²) in [7, 11) is 0. The molecule has 0 unspecified atom stereocenters. The highest BCUT2D eigenvalue weighted by Crippen LogP contribution is 2.12. The highest BCUT2D eigenvalue weighted by Gasteiger charge is 2.05. The molecule has 0 heterocycles. The molecule has 1 aromatic rings. The van der Waals surface area contributed by atoms with Crippen molar-refractivity contribution in [3.05, 3.63) is 35.9 Å². The van der Waals surface area contributed by atoms with Crippen molar-refractivity contribution in [2.24, 2.45) is 0 Å². The van der Waals surface area contributed by atoms with E-state index in [9.17, 15) is 4.79 Å². The average Bonchev–Trinajstić information content (AvgIpc) is 2.63. The van der Waals surface area contributed by atoms with Crippen molar-refractivity contribution in [2.75, 3.05) is 13.1 Å². The van der Waals surface area contributed by atoms with Gasteiger partial charge in [-0.25, -0.2) is 0 Å². The van der Waals surface area contributed by atoms with E-state index in [1.54, 1.807) is 0 Å². The minimum Gasteiger partial charge on any atom is -0.302 e. The summed E-state index contributed by atoms with van der Waals surface area (Å²) in [5, 5.41) is 0. The topological polar surface area (TPSA) is 20.3 Å². The van der Waals surface area contributed by atoms with Gasteiger partial charge in [0.1, 0.15) is 6.29 Å². The van der Waals surface area contributed by atoms with E-state index >= 15 is 0 Å². The zero-order valence-corrected chi connectivity index (χ0v) is 16.4. The zero-order chi connectivity index (χ0) is 18.0. The fourth-order valence-electron chi connectivity index (χ4n) is 3.36. The molecule has 0 fully saturated rings. The van der Waals surface area contributed by atoms with E-state index in [4.69, 9.17) is 0 Å². The Balaban J connectivity index is 1.97. The Morgan fingerprint density at radius 1 is 0.760 bits per heavy atom. The predicted octanol–water partition coefficient (Wildman–Crippen LogP) is 6.39. The largest absolute Gasteiger partial charge is 0.302 e. The van der Waals surface area contributed by atoms with Gasteiger partial charge >= 0.3 is 0 Å². The maximum atomic E-state index is 10.9. The second kappa shape index (κ2) is 16.3. The number of carbonyl (C=O) groups is 1. The molecule has 0 aliphatic carbocycles. The maximum absolute atomic E-state index is 10.9. The van der Waals surface area contributed by atoms with Crippen molar-refractivity contribution >= 4 is 6.29 Å². The summed E-state index contributed by atoms with van der Waals surface area (Å²) in [5.41, 5.74) is 1.29. The Bertz CT molecular complexity index is 404. The van der Waals surface area contributed by atoms with Crippen molar-refractivity contribution in [3.63, 3.8) is 0 Å². The van der Waals surface area contributed by atoms with Crippen LogP contribution in [-0.4, -0.2) is 24.3 Å². The van der Waals surface area contributed by atoms with E-state index in [-0.39, 0.29) is 0 Å². The van der Waals surface area contributed by atoms with Crippen LogP contribution in [0.5, 0.6) is 0 Å². The van der Waals surface area contributed by atoms with Crippen LogP contribution in [0.15, 0.2) is 30.3 Å². The molecule has 0 aliphatic rings. The Morgan fingerprint density at radius 3 is 1.80 bits per heavy atom. The Labute approximate surface area is 156 Å². The fraction of sp³-hybridized carbons (Fsp3) is 0.696. The van der Waals surface area contributed by atoms with Gasteiger partial charge in [0.2, 0.25) is 0 Å². The highest BCUT2D eigenvalue weighted by atomic mass is 16.1. The third-order valence-electron chi connectivity index (χ3n) is 4.91. The lowest BCUT2D eigenvalue weighted by Gasteiger charge is -2.19. The third kappa shape index (κ3) is 12.8. The Morgan fingerprint density at radius 2 is 1.28 bits per heavy atom. The molecule has 0 amide bonds. The molecule has 0 aromatic heterocycles. The zero-order valence-electron chi connectivity index (χ0n) is 16.4. The van der Waals surface area contributed by atoms with Crippen LogP contribution in [-0.2, 0) is 11.3 Å². The van der Waals surface area contributed by atoms with Gasteiger partial charge in [-0.15, -0.1) is 0 Å². The molecule has 0 bridgehead atoms. The lowest BCUT2D eigenvalue weighted by atomic mass is 10.1. The minimum atomic E-state index is 0.549. The molecule has 0 atom stereocenters. The van der Waals surface area contributed by atoms with Gasteiger partial charge in [-0.1, -0.05) is 108 Å². The standard InChI is InChI=1S/C23H39NO/c1-2-3-4-5-6-7-8-9-10-11-12-16-19-24(20-21-25)22-23-17-14-13-15-18-23/h13-15,17-18,21H,2-12,16,19-20,22H2,1H3. The summed E-state index contributed by atoms with van der Waals surface area (Å²) in [4.78, 5) is 13.1. The van der Waals surface area contributed by atoms with Gasteiger partial charge in [-0.3, -0.25) is 4.90 Å². The van der Waals surface area contributed by atoms with Gasteiger partial charge in [-0.2, -0.15) is 0 Å². The summed E-state index contributed by atoms with van der Waals surface area (Å²) < 4.78 is 0. The first-order valence-corrected chi connectivity index (χ1v) is 10.6. The van der Waals surface area contributed by atoms with Crippen LogP contribution in [0.25, 0.3) is 0 Å². The molecule has 1 aromatic carbocycles. The van der Waals surface area contributed by atoms with Crippen molar-refractivity contribution in [1.29, 1.82) is 0 Å². The quantitative estimate of drug-likeness (QED) is 0.241. The summed E-state index contributed by atoms with van der Waals surface area (Å²) in [6, 6.07) is 10.5. The van der Waals surface area contributed by atoms with Crippen LogP contribution in [0.4, 0.5) is 0 Å². The van der Waals surface area contributed by atoms with E-state index < -0.39 is 0 Å². The summed E-state index contributed by atoms with van der Waals surface area (Å²) in [6.45, 7) is 4.75. The molecular formula is C23H39NO. The number of unbranched alkanes of at least 4 members (excludes halogenated alkanes) is 11. The highest BCUT2D eigenvalue weighted by molar-refractivity contribution is 5.52. The second-order valence-corrected chi connectivity index (χ2v) is 7.28. The van der Waals surface area contributed by atoms with E-state index in [2.05, 4.69) is 36.1 Å². The molecule has 2 nitrogen and oxygen atoms in total. The first-order chi connectivity index (χ1) is 12.4. The van der Waals surface area contributed by atoms with Gasteiger partial charge in [0.05, 0.1) is 6.54 Å². The fourth-order valence-corrected chi connectivity index (χ4v) is 3.36. The average molecular weight is 346 g/mol. The number of benzene rings is 1. The number of hydrogen-bond acceptors (Lipinski definition) is 2. The van der Waals surface area contributed by atoms with Gasteiger partial charge in [0.15, 0.2) is 0 Å². The van der Waals surface area contributed by atoms with Crippen molar-refractivity contribution in [1.82, 2.24) is 4.90 Å². The molecule has 142 valence electrons. The molecule has 0 spiro atoms. The first-order valence-electron chi connectivity index (χ1n) is 10.6. The van der Waals surface area contributed by atoms with E-state index in [0.29, 0.717) is 6.54 Å². The molecule has 0 saturated carbocycles. The molecule has 2 heteroatoms. The van der Waals surface area contributed by atoms with Crippen molar-refractivity contribution < 1.29 is 4.79 Å². The summed E-state index contributed by atoms with van der Waals surface area (Å²) in [5.74, 6) is 0. The monoisotopic (exact) mass is 345 g/mol. The number of rotatable bonds is 17. The predicted molar refractivity (Wildman–Crippen MR) is 109 cm³/mol. The minimum absolute atomic E-state index is 0.549. The molecular weight excluding hydrogens is 306 g/mol. The van der Waals surface area contributed by atoms with Gasteiger partial charge in [-0.05, 0) is 18.5 Å². The normalized spacial score (nSPS) is 11.1. The molecule has 0 saturated heterocycles. The third-order valence-corrected chi connectivity index (χ3v) is 4.91. The van der Waals surface area contributed by atoms with Gasteiger partial charge in [0.25, 0.3) is 0 Å². The molecule has 0 N–H and O–H groups in total. The lowest BCUT2D eigenvalue weighted by molar-refractivity contribution is -0.109. The smallest absolute Gasteiger partial charge is 0.133 e. The number of carbonyl (C=O) groups excluding carboxylic acids is 1. The molecule has 25 heavy (non-hydrogen) atoms. The Hall–Kier alpha value is -1.15. The van der Waals surface area contributed by atoms with Crippen LogP contribution < -0.4 is 0 Å². The van der Waals surface area contributed by atoms with E-state index in [0.717, 1.165) is 19.4 Å². The number of nitrogens with zero attached hydrogens (tertiary/aromatic N) is 1. The SMILES string of the molecule is CCCCCCCCCCCCCCN(CC=O)Cc1ccccc1. The second-order valence-electron chi connectivity index (χ2n) is 7.28.